The number of hydrogen-bond donors (Lipinski definition) is 1. The van der Waals surface area contributed by atoms with E-state index in [2.05, 4.69) is 11.1 Å². The topological polar surface area (TPSA) is 88.8 Å². The Morgan fingerprint density at radius 1 is 1.25 bits per heavy atom. The molecule has 2 heterocycles. The van der Waals surface area contributed by atoms with E-state index in [1.165, 1.54) is 18.9 Å². The van der Waals surface area contributed by atoms with E-state index < -0.39 is 5.97 Å². The van der Waals surface area contributed by atoms with Crippen LogP contribution in [0.1, 0.15) is 41.6 Å². The number of ether oxygens (including phenoxy) is 1. The number of halogens is 2. The minimum absolute atomic E-state index is 0. The molecule has 7 nitrogen and oxygen atoms in total. The Morgan fingerprint density at radius 2 is 2.00 bits per heavy atom. The number of nitrogens with zero attached hydrogens (tertiary/aromatic N) is 3. The number of amides is 2. The van der Waals surface area contributed by atoms with Gasteiger partial charge < -0.3 is 15.4 Å². The number of aromatic nitrogens is 1. The number of nitrogens with two attached hydrogens (primary N) is 1. The standard InChI is InChI=1S/C23H27ClN4O3.ClH/c1-31-21(29)16-11-20(14-26-13-16)28-10-9-27(22(28)30)19-5-7-23(15-25,8-6-19)17-3-2-4-18(24)12-17;/h2-4,11-14,19H,5-10,15,25H2,1H3;1H/t19-,23+;. The SMILES string of the molecule is COC(=O)c1cncc(N2CCN([C@H]3CC[C@@](CN)(c4cccc(Cl)c4)CC3)C2=O)c1.Cl. The molecule has 1 aromatic carbocycles. The molecule has 0 spiro atoms. The maximum atomic E-state index is 13.2. The van der Waals surface area contributed by atoms with E-state index in [4.69, 9.17) is 22.1 Å². The lowest BCUT2D eigenvalue weighted by molar-refractivity contribution is 0.0600. The van der Waals surface area contributed by atoms with Crippen molar-refractivity contribution in [1.82, 2.24) is 9.88 Å². The summed E-state index contributed by atoms with van der Waals surface area (Å²) in [7, 11) is 1.32. The molecule has 4 rings (SSSR count). The number of urea groups is 1. The largest absolute Gasteiger partial charge is 0.465 e. The smallest absolute Gasteiger partial charge is 0.339 e. The zero-order chi connectivity index (χ0) is 22.0. The number of carbonyl (C=O) groups is 2. The van der Waals surface area contributed by atoms with Gasteiger partial charge in [0.2, 0.25) is 0 Å². The third kappa shape index (κ3) is 4.56. The van der Waals surface area contributed by atoms with Gasteiger partial charge in [-0.25, -0.2) is 9.59 Å². The van der Waals surface area contributed by atoms with Crippen LogP contribution in [0.15, 0.2) is 42.7 Å². The van der Waals surface area contributed by atoms with E-state index in [1.54, 1.807) is 17.2 Å². The fraction of sp³-hybridized carbons (Fsp3) is 0.435. The van der Waals surface area contributed by atoms with Crippen LogP contribution in [-0.2, 0) is 10.2 Å². The first-order valence-electron chi connectivity index (χ1n) is 10.5. The Kier molecular flexibility index (Phi) is 7.64. The predicted octanol–water partition coefficient (Wildman–Crippen LogP) is 4.02. The summed E-state index contributed by atoms with van der Waals surface area (Å²) in [5.74, 6) is -0.468. The molecule has 1 aliphatic heterocycles. The molecule has 32 heavy (non-hydrogen) atoms. The summed E-state index contributed by atoms with van der Waals surface area (Å²) >= 11 is 6.22. The Balaban J connectivity index is 0.00000289. The average molecular weight is 479 g/mol. The van der Waals surface area contributed by atoms with Gasteiger partial charge >= 0.3 is 12.0 Å². The third-order valence-corrected chi connectivity index (χ3v) is 6.91. The molecule has 172 valence electrons. The Bertz CT molecular complexity index is 979. The number of anilines is 1. The van der Waals surface area contributed by atoms with E-state index in [9.17, 15) is 9.59 Å². The second-order valence-corrected chi connectivity index (χ2v) is 8.71. The summed E-state index contributed by atoms with van der Waals surface area (Å²) in [4.78, 5) is 32.7. The number of esters is 1. The second kappa shape index (κ2) is 10.1. The molecule has 2 N–H and O–H groups in total. The van der Waals surface area contributed by atoms with Crippen molar-refractivity contribution >= 4 is 41.7 Å². The summed E-state index contributed by atoms with van der Waals surface area (Å²) in [5.41, 5.74) is 8.25. The van der Waals surface area contributed by atoms with Crippen molar-refractivity contribution in [1.29, 1.82) is 0 Å². The van der Waals surface area contributed by atoms with Gasteiger partial charge in [0, 0.05) is 42.3 Å². The summed E-state index contributed by atoms with van der Waals surface area (Å²) in [5, 5.41) is 0.723. The molecule has 2 aromatic rings. The maximum Gasteiger partial charge on any atom is 0.339 e. The molecule has 0 atom stereocenters. The van der Waals surface area contributed by atoms with Crippen LogP contribution in [0.5, 0.6) is 0 Å². The van der Waals surface area contributed by atoms with Crippen molar-refractivity contribution in [2.24, 2.45) is 5.73 Å². The first-order valence-corrected chi connectivity index (χ1v) is 10.9. The predicted molar refractivity (Wildman–Crippen MR) is 127 cm³/mol. The van der Waals surface area contributed by atoms with Gasteiger partial charge in [-0.3, -0.25) is 9.88 Å². The molecule has 0 bridgehead atoms. The molecule has 1 saturated heterocycles. The van der Waals surface area contributed by atoms with Gasteiger partial charge in [-0.2, -0.15) is 0 Å². The highest BCUT2D eigenvalue weighted by Crippen LogP contribution is 2.41. The highest BCUT2D eigenvalue weighted by Gasteiger charge is 2.41. The number of rotatable bonds is 5. The molecule has 2 amide bonds. The zero-order valence-electron chi connectivity index (χ0n) is 18.0. The second-order valence-electron chi connectivity index (χ2n) is 8.28. The van der Waals surface area contributed by atoms with Crippen molar-refractivity contribution in [2.75, 3.05) is 31.6 Å². The highest BCUT2D eigenvalue weighted by atomic mass is 35.5. The van der Waals surface area contributed by atoms with Crippen LogP contribution in [-0.4, -0.2) is 54.7 Å². The summed E-state index contributed by atoms with van der Waals surface area (Å²) in [6.07, 6.45) is 6.66. The van der Waals surface area contributed by atoms with E-state index in [0.717, 1.165) is 30.7 Å². The molecule has 1 saturated carbocycles. The molecular weight excluding hydrogens is 451 g/mol. The van der Waals surface area contributed by atoms with Crippen LogP contribution in [0, 0.1) is 0 Å². The first-order chi connectivity index (χ1) is 15.0. The van der Waals surface area contributed by atoms with Crippen LogP contribution in [0.25, 0.3) is 0 Å². The normalized spacial score (nSPS) is 23.1. The zero-order valence-corrected chi connectivity index (χ0v) is 19.6. The van der Waals surface area contributed by atoms with Gasteiger partial charge in [0.25, 0.3) is 0 Å². The maximum absolute atomic E-state index is 13.2. The Labute approximate surface area is 199 Å². The Morgan fingerprint density at radius 3 is 2.66 bits per heavy atom. The summed E-state index contributed by atoms with van der Waals surface area (Å²) in [6.45, 7) is 1.78. The minimum atomic E-state index is -0.468. The molecular formula is C23H28Cl2N4O3. The number of pyridine rings is 1. The molecule has 1 aromatic heterocycles. The quantitative estimate of drug-likeness (QED) is 0.655. The minimum Gasteiger partial charge on any atom is -0.465 e. The lowest BCUT2D eigenvalue weighted by atomic mass is 9.68. The van der Waals surface area contributed by atoms with Crippen LogP contribution in [0.2, 0.25) is 5.02 Å². The van der Waals surface area contributed by atoms with Crippen LogP contribution in [0.3, 0.4) is 0 Å². The van der Waals surface area contributed by atoms with Gasteiger partial charge in [0.05, 0.1) is 24.6 Å². The van der Waals surface area contributed by atoms with Crippen molar-refractivity contribution < 1.29 is 14.3 Å². The fourth-order valence-electron chi connectivity index (χ4n) is 4.83. The van der Waals surface area contributed by atoms with Crippen molar-refractivity contribution in [2.45, 2.75) is 37.1 Å². The van der Waals surface area contributed by atoms with Crippen LogP contribution < -0.4 is 10.6 Å². The van der Waals surface area contributed by atoms with E-state index in [-0.39, 0.29) is 29.9 Å². The lowest BCUT2D eigenvalue weighted by Crippen LogP contribution is -2.46. The number of methoxy groups -OCH3 is 1. The summed E-state index contributed by atoms with van der Waals surface area (Å²) in [6, 6.07) is 9.74. The number of hydrogen-bond acceptors (Lipinski definition) is 5. The van der Waals surface area contributed by atoms with Gasteiger partial charge in [0.15, 0.2) is 0 Å². The van der Waals surface area contributed by atoms with Crippen molar-refractivity contribution in [3.05, 3.63) is 58.9 Å². The van der Waals surface area contributed by atoms with Gasteiger partial charge in [-0.15, -0.1) is 12.4 Å². The molecule has 1 aliphatic carbocycles. The molecule has 0 radical (unpaired) electrons. The van der Waals surface area contributed by atoms with Crippen molar-refractivity contribution in [3.8, 4) is 0 Å². The number of carbonyl (C=O) groups excluding carboxylic acids is 2. The molecule has 2 aliphatic rings. The first kappa shape index (κ1) is 24.3. The van der Waals surface area contributed by atoms with Crippen LogP contribution >= 0.6 is 24.0 Å². The Hall–Kier alpha value is -2.35. The van der Waals surface area contributed by atoms with Crippen LogP contribution in [0.4, 0.5) is 10.5 Å². The molecule has 0 unspecified atom stereocenters. The van der Waals surface area contributed by atoms with E-state index >= 15 is 0 Å². The number of benzene rings is 1. The highest BCUT2D eigenvalue weighted by molar-refractivity contribution is 6.30. The summed E-state index contributed by atoms with van der Waals surface area (Å²) < 4.78 is 4.76. The van der Waals surface area contributed by atoms with E-state index in [1.807, 2.05) is 23.1 Å². The monoisotopic (exact) mass is 478 g/mol. The van der Waals surface area contributed by atoms with Gasteiger partial charge in [-0.05, 0) is 49.4 Å². The third-order valence-electron chi connectivity index (χ3n) is 6.68. The van der Waals surface area contributed by atoms with E-state index in [0.29, 0.717) is 30.9 Å². The van der Waals surface area contributed by atoms with Crippen molar-refractivity contribution in [3.63, 3.8) is 0 Å². The van der Waals surface area contributed by atoms with Gasteiger partial charge in [0.1, 0.15) is 0 Å². The average Bonchev–Trinajstić information content (AvgIpc) is 3.20. The molecule has 2 fully saturated rings. The molecule has 9 heteroatoms. The fourth-order valence-corrected chi connectivity index (χ4v) is 5.02. The van der Waals surface area contributed by atoms with Gasteiger partial charge in [-0.1, -0.05) is 23.7 Å². The lowest BCUT2D eigenvalue weighted by Gasteiger charge is -2.42.